The Morgan fingerprint density at radius 1 is 1.16 bits per heavy atom. The van der Waals surface area contributed by atoms with Gasteiger partial charge in [0.15, 0.2) is 11.5 Å². The number of nitrogens with zero attached hydrogens (tertiary/aromatic N) is 2. The minimum absolute atomic E-state index is 0.187. The number of rotatable bonds is 3. The van der Waals surface area contributed by atoms with Gasteiger partial charge in [0.25, 0.3) is 5.91 Å². The molecule has 7 heteroatoms. The van der Waals surface area contributed by atoms with Gasteiger partial charge < -0.3 is 25.0 Å². The molecule has 1 aromatic carbocycles. The van der Waals surface area contributed by atoms with E-state index in [1.807, 2.05) is 12.3 Å². The lowest BCUT2D eigenvalue weighted by Crippen LogP contribution is -2.67. The Labute approximate surface area is 144 Å². The number of piperazine rings is 1. The number of nitrogens with one attached hydrogen (secondary N) is 2. The van der Waals surface area contributed by atoms with Crippen LogP contribution < -0.4 is 25.0 Å². The summed E-state index contributed by atoms with van der Waals surface area (Å²) in [5, 5.41) is 6.40. The molecule has 1 aromatic heterocycles. The Hall–Kier alpha value is -2.80. The maximum Gasteiger partial charge on any atom is 0.257 e. The van der Waals surface area contributed by atoms with Gasteiger partial charge in [-0.25, -0.2) is 0 Å². The number of amides is 1. The Morgan fingerprint density at radius 2 is 1.96 bits per heavy atom. The van der Waals surface area contributed by atoms with Crippen molar-refractivity contribution in [2.24, 2.45) is 0 Å². The molecule has 5 heterocycles. The molecule has 3 saturated heterocycles. The van der Waals surface area contributed by atoms with Gasteiger partial charge in [-0.2, -0.15) is 0 Å². The van der Waals surface area contributed by atoms with E-state index in [0.717, 1.165) is 18.8 Å². The number of pyridine rings is 1. The number of aromatic nitrogens is 1. The van der Waals surface area contributed by atoms with Crippen LogP contribution in [-0.4, -0.2) is 42.9 Å². The Morgan fingerprint density at radius 3 is 2.80 bits per heavy atom. The van der Waals surface area contributed by atoms with Crippen LogP contribution in [-0.2, 0) is 0 Å². The molecule has 2 bridgehead atoms. The van der Waals surface area contributed by atoms with Gasteiger partial charge in [-0.3, -0.25) is 9.78 Å². The van der Waals surface area contributed by atoms with Crippen LogP contribution in [0, 0.1) is 0 Å². The highest BCUT2D eigenvalue weighted by atomic mass is 16.7. The first kappa shape index (κ1) is 14.5. The number of carbonyl (C=O) groups is 1. The molecule has 0 saturated carbocycles. The summed E-state index contributed by atoms with van der Waals surface area (Å²) in [5.74, 6) is 1.15. The number of piperidine rings is 1. The van der Waals surface area contributed by atoms with Crippen molar-refractivity contribution in [2.75, 3.05) is 30.1 Å². The third-order valence-electron chi connectivity index (χ3n) is 4.90. The van der Waals surface area contributed by atoms with Gasteiger partial charge in [0.1, 0.15) is 0 Å². The van der Waals surface area contributed by atoms with Gasteiger partial charge in [0.2, 0.25) is 6.79 Å². The van der Waals surface area contributed by atoms with Crippen molar-refractivity contribution in [3.8, 4) is 11.5 Å². The zero-order valence-corrected chi connectivity index (χ0v) is 13.6. The number of hydrogen-bond donors (Lipinski definition) is 2. The average Bonchev–Trinajstić information content (AvgIpc) is 3.09. The number of benzene rings is 1. The highest BCUT2D eigenvalue weighted by Gasteiger charge is 2.36. The fraction of sp³-hybridized carbons (Fsp3) is 0.333. The summed E-state index contributed by atoms with van der Waals surface area (Å²) in [6, 6.07) is 8.38. The summed E-state index contributed by atoms with van der Waals surface area (Å²) in [5.41, 5.74) is 2.21. The summed E-state index contributed by atoms with van der Waals surface area (Å²) >= 11 is 0. The molecule has 2 atom stereocenters. The lowest BCUT2D eigenvalue weighted by molar-refractivity contribution is 0.102. The normalized spacial score (nSPS) is 23.1. The molecular weight excluding hydrogens is 320 g/mol. The number of fused-ring (bicyclic) bond motifs is 3. The highest BCUT2D eigenvalue weighted by Crippen LogP contribution is 2.34. The van der Waals surface area contributed by atoms with Crippen molar-refractivity contribution in [3.05, 3.63) is 42.2 Å². The molecule has 0 radical (unpaired) electrons. The van der Waals surface area contributed by atoms with E-state index in [1.54, 1.807) is 24.4 Å². The largest absolute Gasteiger partial charge is 0.454 e. The van der Waals surface area contributed by atoms with Crippen LogP contribution in [0.1, 0.15) is 16.8 Å². The molecule has 128 valence electrons. The van der Waals surface area contributed by atoms with E-state index in [9.17, 15) is 4.79 Å². The third-order valence-corrected chi connectivity index (χ3v) is 4.90. The molecule has 1 amide bonds. The summed E-state index contributed by atoms with van der Waals surface area (Å²) in [7, 11) is 0. The van der Waals surface area contributed by atoms with E-state index in [4.69, 9.17) is 9.47 Å². The van der Waals surface area contributed by atoms with Crippen LogP contribution in [0.5, 0.6) is 11.5 Å². The van der Waals surface area contributed by atoms with Crippen molar-refractivity contribution in [1.82, 2.24) is 10.3 Å². The molecule has 3 fully saturated rings. The summed E-state index contributed by atoms with van der Waals surface area (Å²) in [6.07, 6.45) is 4.66. The molecule has 6 rings (SSSR count). The standard InChI is InChI=1S/C18H18N4O3/c23-18(21-12-1-2-16-17(5-12)25-10-24-16)11-3-15(7-19-6-11)22-8-13-4-14(9-22)20-13/h1-3,5-7,13-14,20H,4,8-10H2,(H,21,23). The molecule has 0 spiro atoms. The maximum atomic E-state index is 12.6. The number of carbonyl (C=O) groups excluding carboxylic acids is 1. The first-order chi connectivity index (χ1) is 12.2. The minimum Gasteiger partial charge on any atom is -0.454 e. The van der Waals surface area contributed by atoms with Gasteiger partial charge in [0.05, 0.1) is 17.4 Å². The lowest BCUT2D eigenvalue weighted by atomic mass is 9.91. The SMILES string of the molecule is O=C(Nc1ccc2c(c1)OCO2)c1cncc(N2CC3CC(C2)N3)c1. The maximum absolute atomic E-state index is 12.6. The van der Waals surface area contributed by atoms with Crippen molar-refractivity contribution in [2.45, 2.75) is 18.5 Å². The van der Waals surface area contributed by atoms with Crippen molar-refractivity contribution < 1.29 is 14.3 Å². The third kappa shape index (κ3) is 2.66. The molecule has 25 heavy (non-hydrogen) atoms. The zero-order chi connectivity index (χ0) is 16.8. The van der Waals surface area contributed by atoms with Gasteiger partial charge in [-0.05, 0) is 24.6 Å². The van der Waals surface area contributed by atoms with Crippen molar-refractivity contribution in [1.29, 1.82) is 0 Å². The summed E-state index contributed by atoms with van der Waals surface area (Å²) in [4.78, 5) is 19.1. The van der Waals surface area contributed by atoms with E-state index in [2.05, 4.69) is 20.5 Å². The molecule has 2 N–H and O–H groups in total. The van der Waals surface area contributed by atoms with Crippen LogP contribution in [0.15, 0.2) is 36.7 Å². The van der Waals surface area contributed by atoms with Gasteiger partial charge in [-0.15, -0.1) is 0 Å². The zero-order valence-electron chi connectivity index (χ0n) is 13.6. The monoisotopic (exact) mass is 338 g/mol. The second-order valence-corrected chi connectivity index (χ2v) is 6.66. The van der Waals surface area contributed by atoms with Gasteiger partial charge in [-0.1, -0.05) is 0 Å². The van der Waals surface area contributed by atoms with E-state index < -0.39 is 0 Å². The van der Waals surface area contributed by atoms with Crippen LogP contribution >= 0.6 is 0 Å². The number of anilines is 2. The molecule has 4 aliphatic heterocycles. The Kier molecular flexibility index (Phi) is 3.27. The molecule has 0 aliphatic carbocycles. The first-order valence-electron chi connectivity index (χ1n) is 8.42. The van der Waals surface area contributed by atoms with Crippen LogP contribution in [0.3, 0.4) is 0 Å². The van der Waals surface area contributed by atoms with Crippen LogP contribution in [0.2, 0.25) is 0 Å². The fourth-order valence-corrected chi connectivity index (χ4v) is 3.63. The van der Waals surface area contributed by atoms with E-state index in [1.165, 1.54) is 6.42 Å². The van der Waals surface area contributed by atoms with Crippen LogP contribution in [0.4, 0.5) is 11.4 Å². The molecule has 4 aliphatic rings. The fourth-order valence-electron chi connectivity index (χ4n) is 3.63. The predicted octanol–water partition coefficient (Wildman–Crippen LogP) is 1.61. The van der Waals surface area contributed by atoms with Crippen molar-refractivity contribution >= 4 is 17.3 Å². The Bertz CT molecular complexity index is 825. The first-order valence-corrected chi connectivity index (χ1v) is 8.42. The molecular formula is C18H18N4O3. The second kappa shape index (κ2) is 5.63. The average molecular weight is 338 g/mol. The molecule has 2 unspecified atom stereocenters. The van der Waals surface area contributed by atoms with E-state index in [0.29, 0.717) is 34.8 Å². The van der Waals surface area contributed by atoms with E-state index in [-0.39, 0.29) is 12.7 Å². The summed E-state index contributed by atoms with van der Waals surface area (Å²) in [6.45, 7) is 2.14. The molecule has 7 nitrogen and oxygen atoms in total. The lowest BCUT2D eigenvalue weighted by Gasteiger charge is -2.49. The number of hydrogen-bond acceptors (Lipinski definition) is 6. The van der Waals surface area contributed by atoms with Crippen LogP contribution in [0.25, 0.3) is 0 Å². The molecule has 2 aromatic rings. The van der Waals surface area contributed by atoms with Crippen molar-refractivity contribution in [3.63, 3.8) is 0 Å². The van der Waals surface area contributed by atoms with E-state index >= 15 is 0 Å². The van der Waals surface area contributed by atoms with Gasteiger partial charge >= 0.3 is 0 Å². The Balaban J connectivity index is 1.32. The van der Waals surface area contributed by atoms with Gasteiger partial charge in [0, 0.05) is 43.1 Å². The minimum atomic E-state index is -0.187. The highest BCUT2D eigenvalue weighted by molar-refractivity contribution is 6.04. The topological polar surface area (TPSA) is 75.7 Å². The smallest absolute Gasteiger partial charge is 0.257 e. The predicted molar refractivity (Wildman–Crippen MR) is 92.3 cm³/mol. The quantitative estimate of drug-likeness (QED) is 0.886. The number of ether oxygens (including phenoxy) is 2. The summed E-state index contributed by atoms with van der Waals surface area (Å²) < 4.78 is 10.6. The second-order valence-electron chi connectivity index (χ2n) is 6.66.